The van der Waals surface area contributed by atoms with Crippen molar-refractivity contribution < 1.29 is 0 Å². The first-order valence-electron chi connectivity index (χ1n) is 41.4. The fourth-order valence-electron chi connectivity index (χ4n) is 17.5. The van der Waals surface area contributed by atoms with Gasteiger partial charge >= 0.3 is 0 Å². The molecular formula is C109H69BN14. The van der Waals surface area contributed by atoms with Crippen LogP contribution in [0.1, 0.15) is 0 Å². The van der Waals surface area contributed by atoms with Gasteiger partial charge in [0.25, 0.3) is 6.71 Å². The van der Waals surface area contributed by atoms with Crippen molar-refractivity contribution in [1.29, 1.82) is 0 Å². The molecule has 0 amide bonds. The predicted octanol–water partition coefficient (Wildman–Crippen LogP) is 23.9. The summed E-state index contributed by atoms with van der Waals surface area (Å²) in [5, 5.41) is 1.81. The Balaban J connectivity index is 0.765. The number of anilines is 6. The Morgan fingerprint density at radius 1 is 0.177 bits per heavy atom. The molecule has 0 bridgehead atoms. The van der Waals surface area contributed by atoms with Gasteiger partial charge in [0.2, 0.25) is 0 Å². The second-order valence-electron chi connectivity index (χ2n) is 30.9. The minimum absolute atomic E-state index is 0.0575. The summed E-state index contributed by atoms with van der Waals surface area (Å²) in [6.45, 7) is -0.0575. The fourth-order valence-corrected chi connectivity index (χ4v) is 17.5. The largest absolute Gasteiger partial charge is 0.311 e. The van der Waals surface area contributed by atoms with E-state index in [-0.39, 0.29) is 6.71 Å². The van der Waals surface area contributed by atoms with E-state index in [1.807, 2.05) is 176 Å². The number of fused-ring (bicyclic) bond motifs is 7. The zero-order valence-electron chi connectivity index (χ0n) is 66.7. The van der Waals surface area contributed by atoms with Gasteiger partial charge in [0, 0.05) is 112 Å². The Kier molecular flexibility index (Phi) is 18.0. The normalized spacial score (nSPS) is 12.0. The molecule has 7 heterocycles. The van der Waals surface area contributed by atoms with Crippen LogP contribution < -0.4 is 26.2 Å². The van der Waals surface area contributed by atoms with Gasteiger partial charge in [-0.15, -0.1) is 0 Å². The summed E-state index contributed by atoms with van der Waals surface area (Å²) in [5.41, 5.74) is 26.3. The molecule has 0 spiro atoms. The smallest absolute Gasteiger partial charge is 0.252 e. The van der Waals surface area contributed by atoms with Crippen LogP contribution in [0.15, 0.2) is 419 Å². The van der Waals surface area contributed by atoms with Crippen molar-refractivity contribution in [3.63, 3.8) is 0 Å². The molecule has 124 heavy (non-hydrogen) atoms. The van der Waals surface area contributed by atoms with Crippen molar-refractivity contribution in [3.05, 3.63) is 419 Å². The van der Waals surface area contributed by atoms with Crippen LogP contribution in [0.2, 0.25) is 0 Å². The summed E-state index contributed by atoms with van der Waals surface area (Å²) in [6.07, 6.45) is 0. The van der Waals surface area contributed by atoms with Gasteiger partial charge in [0.1, 0.15) is 0 Å². The second-order valence-corrected chi connectivity index (χ2v) is 30.9. The number of hydrogen-bond donors (Lipinski definition) is 0. The highest BCUT2D eigenvalue weighted by atomic mass is 15.2. The van der Waals surface area contributed by atoms with Crippen molar-refractivity contribution in [1.82, 2.24) is 59.4 Å². The van der Waals surface area contributed by atoms with Crippen molar-refractivity contribution in [2.24, 2.45) is 0 Å². The fraction of sp³-hybridized carbons (Fsp3) is 0. The van der Waals surface area contributed by atoms with Crippen LogP contribution in [0.5, 0.6) is 0 Å². The molecule has 0 saturated heterocycles. The van der Waals surface area contributed by atoms with Crippen molar-refractivity contribution in [3.8, 4) is 153 Å². The van der Waals surface area contributed by atoms with Crippen LogP contribution >= 0.6 is 0 Å². The van der Waals surface area contributed by atoms with E-state index in [9.17, 15) is 0 Å². The Labute approximate surface area is 715 Å². The summed E-state index contributed by atoms with van der Waals surface area (Å²) in [4.78, 5) is 64.2. The van der Waals surface area contributed by atoms with Gasteiger partial charge in [-0.2, -0.15) is 0 Å². The second kappa shape index (κ2) is 30.8. The lowest BCUT2D eigenvalue weighted by Crippen LogP contribution is -2.61. The van der Waals surface area contributed by atoms with Gasteiger partial charge in [-0.3, -0.25) is 0 Å². The highest BCUT2D eigenvalue weighted by Crippen LogP contribution is 2.48. The van der Waals surface area contributed by atoms with Gasteiger partial charge in [0.05, 0.1) is 28.1 Å². The molecule has 2 aliphatic heterocycles. The van der Waals surface area contributed by atoms with E-state index in [2.05, 4.69) is 257 Å². The first-order valence-corrected chi connectivity index (χ1v) is 41.4. The molecule has 0 N–H and O–H groups in total. The molecule has 0 unspecified atom stereocenters. The van der Waals surface area contributed by atoms with Gasteiger partial charge in [-0.1, -0.05) is 309 Å². The molecule has 14 nitrogen and oxygen atoms in total. The third kappa shape index (κ3) is 13.2. The van der Waals surface area contributed by atoms with Crippen LogP contribution in [0.4, 0.5) is 34.1 Å². The SMILES string of the molecule is c1ccc(-c2cc(-c3ccc(-n4c5ccc(-c6nc(-c7ccccc7)nc(-c7ccccc7)n6)cc5c5cc(-c6nc(-c7ccccc7)nc(-c7ccccc7)n6)ccc54)c(-c4nc(-c5ccccc5)nc(-c5cccc(-c6cc7c8c(c6)N(c6ccccc6)c6ccccc6B8c6ccccc6N7c6ccccc6)c5)n4)c3)nc(-c3ccccc3)n2)cc1. The number of para-hydroxylation sites is 4. The van der Waals surface area contributed by atoms with Crippen molar-refractivity contribution >= 4 is 79.0 Å². The van der Waals surface area contributed by atoms with Crippen LogP contribution in [-0.4, -0.2) is 66.1 Å². The molecule has 21 aromatic rings. The number of nitrogens with zero attached hydrogens (tertiary/aromatic N) is 14. The minimum atomic E-state index is -0.0575. The molecule has 0 saturated carbocycles. The first-order chi connectivity index (χ1) is 61.4. The summed E-state index contributed by atoms with van der Waals surface area (Å²) < 4.78 is 2.33. The molecule has 0 aliphatic carbocycles. The van der Waals surface area contributed by atoms with E-state index in [4.69, 9.17) is 54.8 Å². The molecular weight excluding hydrogens is 1520 g/mol. The summed E-state index contributed by atoms with van der Waals surface area (Å²) in [5.74, 6) is 5.19. The predicted molar refractivity (Wildman–Crippen MR) is 501 cm³/mol. The Morgan fingerprint density at radius 2 is 0.484 bits per heavy atom. The molecule has 23 rings (SSSR count). The summed E-state index contributed by atoms with van der Waals surface area (Å²) in [7, 11) is 0. The number of hydrogen-bond acceptors (Lipinski definition) is 13. The third-order valence-electron chi connectivity index (χ3n) is 23.3. The van der Waals surface area contributed by atoms with E-state index in [0.29, 0.717) is 69.5 Å². The molecule has 0 atom stereocenters. The lowest BCUT2D eigenvalue weighted by atomic mass is 9.33. The number of rotatable bonds is 16. The maximum absolute atomic E-state index is 5.82. The zero-order valence-corrected chi connectivity index (χ0v) is 66.7. The maximum Gasteiger partial charge on any atom is 0.252 e. The molecule has 578 valence electrons. The monoisotopic (exact) mass is 1580 g/mol. The Morgan fingerprint density at radius 3 is 0.887 bits per heavy atom. The van der Waals surface area contributed by atoms with Crippen molar-refractivity contribution in [2.75, 3.05) is 9.80 Å². The summed E-state index contributed by atoms with van der Waals surface area (Å²) >= 11 is 0. The summed E-state index contributed by atoms with van der Waals surface area (Å²) in [6, 6.07) is 145. The lowest BCUT2D eigenvalue weighted by molar-refractivity contribution is 1.06. The number of benzene rings is 16. The van der Waals surface area contributed by atoms with Crippen LogP contribution in [-0.2, 0) is 0 Å². The van der Waals surface area contributed by atoms with Crippen molar-refractivity contribution in [2.45, 2.75) is 0 Å². The molecule has 16 aromatic carbocycles. The van der Waals surface area contributed by atoms with E-state index in [1.54, 1.807) is 0 Å². The van der Waals surface area contributed by atoms with Crippen LogP contribution in [0.25, 0.3) is 175 Å². The standard InChI is InChI=1S/C109H69BN14/c1-10-33-70(34-11-1)90-69-91(112-100(111-90)71-35-12-2-13-36-71)78-57-60-94(124-92-61-58-80(107-115-101(72-37-14-3-15-38-72)113-102(116-107)73-39-16-4-17-40-73)65-85(92)86-66-81(59-62-93(86)124)108-117-103(74-41-18-5-19-42-74)114-104(118-108)75-43-20-6-21-44-75)87(64-78)109-120-105(76-45-22-7-23-46-76)119-106(121-109)79-48-32-47-77(63-79)82-67-97-99-98(68-82)123(84-51-26-9-27-52-84)96-56-31-29-54-89(96)110(99)88-53-28-30-55-95(88)122(97)83-49-24-8-25-50-83/h1-69H. The van der Waals surface area contributed by atoms with E-state index in [0.717, 1.165) is 140 Å². The van der Waals surface area contributed by atoms with Gasteiger partial charge in [-0.05, 0) is 137 Å². The Hall–Kier alpha value is -16.9. The quantitative estimate of drug-likeness (QED) is 0.0844. The highest BCUT2D eigenvalue weighted by molar-refractivity contribution is 7.00. The maximum atomic E-state index is 5.82. The molecule has 0 radical (unpaired) electrons. The highest BCUT2D eigenvalue weighted by Gasteiger charge is 2.44. The lowest BCUT2D eigenvalue weighted by Gasteiger charge is -2.44. The average molecular weight is 1590 g/mol. The van der Waals surface area contributed by atoms with Crippen LogP contribution in [0.3, 0.4) is 0 Å². The number of aromatic nitrogens is 12. The molecule has 0 fully saturated rings. The molecule has 2 aliphatic rings. The first kappa shape index (κ1) is 72.3. The van der Waals surface area contributed by atoms with E-state index in [1.165, 1.54) is 16.4 Å². The van der Waals surface area contributed by atoms with Gasteiger partial charge in [0.15, 0.2) is 58.2 Å². The Bertz CT molecular complexity index is 7200. The zero-order chi connectivity index (χ0) is 82.0. The van der Waals surface area contributed by atoms with Gasteiger partial charge < -0.3 is 14.4 Å². The van der Waals surface area contributed by atoms with E-state index >= 15 is 0 Å². The third-order valence-corrected chi connectivity index (χ3v) is 23.3. The molecule has 15 heteroatoms. The van der Waals surface area contributed by atoms with E-state index < -0.39 is 0 Å². The molecule has 5 aromatic heterocycles. The average Bonchev–Trinajstić information content (AvgIpc) is 0.889. The van der Waals surface area contributed by atoms with Gasteiger partial charge in [-0.25, -0.2) is 54.8 Å². The topological polar surface area (TPSA) is 153 Å². The minimum Gasteiger partial charge on any atom is -0.311 e. The van der Waals surface area contributed by atoms with Crippen LogP contribution in [0, 0.1) is 0 Å².